The Morgan fingerprint density at radius 2 is 1.31 bits per heavy atom. The van der Waals surface area contributed by atoms with Crippen LogP contribution in [0.1, 0.15) is 72.1 Å². The van der Waals surface area contributed by atoms with Crippen LogP contribution in [0.4, 0.5) is 0 Å². The van der Waals surface area contributed by atoms with Crippen molar-refractivity contribution >= 4 is 39.4 Å². The van der Waals surface area contributed by atoms with Crippen LogP contribution in [0.5, 0.6) is 0 Å². The van der Waals surface area contributed by atoms with E-state index in [0.29, 0.717) is 36.4 Å². The Labute approximate surface area is 212 Å². The van der Waals surface area contributed by atoms with Crippen LogP contribution in [0.3, 0.4) is 0 Å². The number of cyclic esters (lactones) is 3. The van der Waals surface area contributed by atoms with Crippen molar-refractivity contribution in [3.8, 4) is 0 Å². The van der Waals surface area contributed by atoms with Crippen LogP contribution < -0.4 is 0 Å². The largest absolute Gasteiger partial charge is 0.466 e. The number of carbonyl (C=O) groups excluding carboxylic acids is 6. The zero-order valence-corrected chi connectivity index (χ0v) is 21.6. The molecule has 2 saturated heterocycles. The minimum atomic E-state index is -0.550. The highest BCUT2D eigenvalue weighted by Gasteiger charge is 2.39. The Balaban J connectivity index is 0. The molecule has 1 aromatic carbocycles. The molecule has 2 atom stereocenters. The van der Waals surface area contributed by atoms with Crippen molar-refractivity contribution < 1.29 is 43.0 Å². The third-order valence-electron chi connectivity index (χ3n) is 4.76. The molecule has 11 nitrogen and oxygen atoms in total. The number of hydrogen-bond acceptors (Lipinski definition) is 11. The van der Waals surface area contributed by atoms with E-state index in [1.54, 1.807) is 24.3 Å². The average Bonchev–Trinajstić information content (AvgIpc) is 3.68. The van der Waals surface area contributed by atoms with Crippen molar-refractivity contribution in [2.75, 3.05) is 19.9 Å². The summed E-state index contributed by atoms with van der Waals surface area (Å²) in [6.07, 6.45) is 11.0. The maximum absolute atomic E-state index is 10.8. The molecule has 0 radical (unpaired) electrons. The van der Waals surface area contributed by atoms with Crippen molar-refractivity contribution in [1.29, 1.82) is 10.8 Å². The minimum absolute atomic E-state index is 0.0255. The predicted octanol–water partition coefficient (Wildman–Crippen LogP) is 3.61. The monoisotopic (exact) mass is 524 g/mol. The van der Waals surface area contributed by atoms with Crippen LogP contribution >= 0.6 is 8.58 Å². The summed E-state index contributed by atoms with van der Waals surface area (Å²) in [4.78, 5) is 56.4. The van der Waals surface area contributed by atoms with Gasteiger partial charge >= 0.3 is 24.1 Å². The Bertz CT molecular complexity index is 789. The van der Waals surface area contributed by atoms with Gasteiger partial charge in [-0.3, -0.25) is 4.79 Å². The molecule has 3 aliphatic heterocycles. The van der Waals surface area contributed by atoms with Gasteiger partial charge in [-0.15, -0.1) is 8.58 Å². The van der Waals surface area contributed by atoms with Crippen molar-refractivity contribution in [3.63, 3.8) is 0 Å². The molecule has 12 heteroatoms. The summed E-state index contributed by atoms with van der Waals surface area (Å²) in [7, 11) is 1.08. The number of carbonyl (C=O) groups is 4. The third kappa shape index (κ3) is 15.6. The number of nitrogens with zero attached hydrogens (tertiary/aromatic N) is 2. The zero-order chi connectivity index (χ0) is 27.8. The van der Waals surface area contributed by atoms with Gasteiger partial charge in [0, 0.05) is 17.2 Å². The summed E-state index contributed by atoms with van der Waals surface area (Å²) in [6, 6.07) is 6.53. The molecular weight excluding hydrogens is 491 g/mol. The summed E-state index contributed by atoms with van der Waals surface area (Å²) in [5, 5.41) is 12.0. The molecular formula is C24H33N2O9P. The fourth-order valence-corrected chi connectivity index (χ4v) is 3.22. The molecule has 1 aromatic rings. The summed E-state index contributed by atoms with van der Waals surface area (Å²) >= 11 is 0. The van der Waals surface area contributed by atoms with E-state index in [2.05, 4.69) is 18.1 Å². The molecule has 2 unspecified atom stereocenters. The highest BCUT2D eigenvalue weighted by atomic mass is 31.1. The van der Waals surface area contributed by atoms with Crippen LogP contribution in [0, 0.1) is 10.8 Å². The van der Waals surface area contributed by atoms with Crippen LogP contribution in [-0.4, -0.2) is 63.0 Å². The van der Waals surface area contributed by atoms with Crippen molar-refractivity contribution in [2.24, 2.45) is 0 Å². The summed E-state index contributed by atoms with van der Waals surface area (Å²) in [5.41, 5.74) is 0.718. The van der Waals surface area contributed by atoms with Gasteiger partial charge in [0.15, 0.2) is 0 Å². The molecule has 0 spiro atoms. The first-order valence-corrected chi connectivity index (χ1v) is 13.2. The lowest BCUT2D eigenvalue weighted by molar-refractivity contribution is -0.191. The van der Waals surface area contributed by atoms with Gasteiger partial charge in [-0.25, -0.2) is 9.59 Å². The Morgan fingerprint density at radius 1 is 0.861 bits per heavy atom. The molecule has 1 aliphatic carbocycles. The number of benzene rings is 1. The standard InChI is InChI=1S/C8H4O3.C6H10O2.C6H10O.C2H7P.CO2.CH2O.N2/c9-7-5-3-1-2-4-6(5)8(10)11-7;7-6-4-2-1-3-5-8-6;1-2-4-6-5(3-1)7-6;1-3-2;2-1-3;2*1-2/h1-4H;1-5H2;5-6H,1-4H2;3H,1-2H3;;1H2;. The van der Waals surface area contributed by atoms with Crippen LogP contribution in [0.15, 0.2) is 24.3 Å². The van der Waals surface area contributed by atoms with Gasteiger partial charge in [-0.05, 0) is 57.6 Å². The second kappa shape index (κ2) is 23.4. The molecule has 5 rings (SSSR count). The lowest BCUT2D eigenvalue weighted by Gasteiger charge is -2.00. The summed E-state index contributed by atoms with van der Waals surface area (Å²) < 4.78 is 14.4. The van der Waals surface area contributed by atoms with Gasteiger partial charge in [0.1, 0.15) is 6.79 Å². The Kier molecular flexibility index (Phi) is 22.7. The summed E-state index contributed by atoms with van der Waals surface area (Å²) in [6.45, 7) is 6.94. The fourth-order valence-electron chi connectivity index (χ4n) is 3.22. The van der Waals surface area contributed by atoms with Gasteiger partial charge in [-0.1, -0.05) is 25.0 Å². The quantitative estimate of drug-likeness (QED) is 0.159. The molecule has 3 heterocycles. The molecule has 1 saturated carbocycles. The minimum Gasteiger partial charge on any atom is -0.466 e. The normalized spacial score (nSPS) is 19.5. The van der Waals surface area contributed by atoms with E-state index >= 15 is 0 Å². The van der Waals surface area contributed by atoms with E-state index in [9.17, 15) is 14.4 Å². The number of ether oxygens (including phenoxy) is 3. The van der Waals surface area contributed by atoms with Crippen molar-refractivity contribution in [3.05, 3.63) is 35.4 Å². The van der Waals surface area contributed by atoms with Crippen LogP contribution in [-0.2, 0) is 33.4 Å². The molecule has 36 heavy (non-hydrogen) atoms. The fraction of sp³-hybridized carbons (Fsp3) is 0.542. The number of fused-ring (bicyclic) bond motifs is 2. The number of rotatable bonds is 0. The van der Waals surface area contributed by atoms with Crippen LogP contribution in [0.2, 0.25) is 0 Å². The smallest absolute Gasteiger partial charge is 0.373 e. The zero-order valence-electron chi connectivity index (χ0n) is 20.6. The first kappa shape index (κ1) is 34.9. The van der Waals surface area contributed by atoms with Gasteiger partial charge in [-0.2, -0.15) is 9.59 Å². The maximum Gasteiger partial charge on any atom is 0.373 e. The maximum atomic E-state index is 10.8. The first-order chi connectivity index (χ1) is 17.5. The highest BCUT2D eigenvalue weighted by molar-refractivity contribution is 7.35. The second-order valence-corrected chi connectivity index (χ2v) is 8.33. The average molecular weight is 525 g/mol. The molecule has 4 aliphatic rings. The van der Waals surface area contributed by atoms with Gasteiger partial charge < -0.3 is 19.0 Å². The number of hydrogen-bond donors (Lipinski definition) is 0. The molecule has 0 amide bonds. The van der Waals surface area contributed by atoms with E-state index < -0.39 is 11.9 Å². The Morgan fingerprint density at radius 3 is 1.72 bits per heavy atom. The van der Waals surface area contributed by atoms with Gasteiger partial charge in [0.2, 0.25) is 0 Å². The number of esters is 3. The van der Waals surface area contributed by atoms with E-state index in [4.69, 9.17) is 34.6 Å². The lowest BCUT2D eigenvalue weighted by Crippen LogP contribution is -2.00. The van der Waals surface area contributed by atoms with Gasteiger partial charge in [0.25, 0.3) is 0 Å². The molecule has 0 N–H and O–H groups in total. The lowest BCUT2D eigenvalue weighted by atomic mass is 10.0. The highest BCUT2D eigenvalue weighted by Crippen LogP contribution is 2.35. The predicted molar refractivity (Wildman–Crippen MR) is 128 cm³/mol. The number of epoxide rings is 1. The van der Waals surface area contributed by atoms with Crippen molar-refractivity contribution in [2.45, 2.75) is 63.6 Å². The van der Waals surface area contributed by atoms with Gasteiger partial charge in [0.05, 0.1) is 29.9 Å². The van der Waals surface area contributed by atoms with E-state index in [-0.39, 0.29) is 12.1 Å². The van der Waals surface area contributed by atoms with E-state index in [1.807, 2.05) is 6.79 Å². The van der Waals surface area contributed by atoms with Crippen LogP contribution in [0.25, 0.3) is 0 Å². The topological polar surface area (TPSA) is 181 Å². The molecule has 0 bridgehead atoms. The van der Waals surface area contributed by atoms with Crippen molar-refractivity contribution in [1.82, 2.24) is 0 Å². The third-order valence-corrected chi connectivity index (χ3v) is 4.76. The van der Waals surface area contributed by atoms with E-state index in [1.165, 1.54) is 25.7 Å². The van der Waals surface area contributed by atoms with E-state index in [0.717, 1.165) is 27.8 Å². The Hall–Kier alpha value is -3.31. The SMILES string of the molecule is C1CCC2OC2C1.C=O.CPC.N#N.O=C1CCCCCO1.O=C1OC(=O)c2ccccc21.O=C=O. The molecule has 3 fully saturated rings. The molecule has 0 aromatic heterocycles. The summed E-state index contributed by atoms with van der Waals surface area (Å²) in [5.74, 6) is -1.13. The first-order valence-electron chi connectivity index (χ1n) is 11.2. The molecule has 198 valence electrons. The second-order valence-electron chi connectivity index (χ2n) is 7.33.